The van der Waals surface area contributed by atoms with E-state index >= 15 is 0 Å². The lowest BCUT2D eigenvalue weighted by atomic mass is 9.93. The highest BCUT2D eigenvalue weighted by molar-refractivity contribution is 6.16. The molecule has 0 aromatic heterocycles. The number of carbonyl (C=O) groups is 3. The van der Waals surface area contributed by atoms with Gasteiger partial charge in [0.15, 0.2) is 11.5 Å². The molecule has 0 saturated carbocycles. The van der Waals surface area contributed by atoms with Gasteiger partial charge in [0.2, 0.25) is 0 Å². The van der Waals surface area contributed by atoms with Gasteiger partial charge in [-0.15, -0.1) is 0 Å². The van der Waals surface area contributed by atoms with Crippen LogP contribution < -0.4 is 9.64 Å². The number of esters is 1. The van der Waals surface area contributed by atoms with Crippen LogP contribution in [0.1, 0.15) is 40.9 Å². The average Bonchev–Trinajstić information content (AvgIpc) is 3.18. The molecule has 0 spiro atoms. The number of nitrogens with zero attached hydrogens (tertiary/aromatic N) is 1. The third-order valence-corrected chi connectivity index (χ3v) is 6.06. The second kappa shape index (κ2) is 10.9. The molecule has 3 aromatic rings. The van der Waals surface area contributed by atoms with Gasteiger partial charge in [-0.05, 0) is 60.9 Å². The minimum atomic E-state index is -0.857. The summed E-state index contributed by atoms with van der Waals surface area (Å²) in [5, 5.41) is 10.9. The standard InChI is InChI=1S/C29H27NO6/c1-3-36-29(34)20-13-15-22(16-14-20)30-26(21-10-7-11-23(18-21)35-2)25(27(32)28(30)33)24(31)17-12-19-8-5-4-6-9-19/h4-11,13-16,18,26,32H,3,12,17H2,1-2H3. The van der Waals surface area contributed by atoms with Gasteiger partial charge in [-0.1, -0.05) is 42.5 Å². The molecule has 0 saturated heterocycles. The summed E-state index contributed by atoms with van der Waals surface area (Å²) in [5.41, 5.74) is 2.40. The number of hydrogen-bond acceptors (Lipinski definition) is 6. The molecule has 4 rings (SSSR count). The topological polar surface area (TPSA) is 93.1 Å². The first-order valence-corrected chi connectivity index (χ1v) is 11.7. The fraction of sp³-hybridized carbons (Fsp3) is 0.207. The van der Waals surface area contributed by atoms with Crippen LogP contribution in [0.15, 0.2) is 90.2 Å². The molecule has 7 nitrogen and oxygen atoms in total. The third kappa shape index (κ3) is 5.00. The molecule has 0 bridgehead atoms. The van der Waals surface area contributed by atoms with Gasteiger partial charge in [0.25, 0.3) is 5.91 Å². The van der Waals surface area contributed by atoms with E-state index in [1.54, 1.807) is 55.5 Å². The van der Waals surface area contributed by atoms with Crippen LogP contribution >= 0.6 is 0 Å². The summed E-state index contributed by atoms with van der Waals surface area (Å²) in [7, 11) is 1.53. The maximum atomic E-state index is 13.4. The highest BCUT2D eigenvalue weighted by atomic mass is 16.5. The summed E-state index contributed by atoms with van der Waals surface area (Å²) in [6.45, 7) is 1.97. The van der Waals surface area contributed by atoms with Gasteiger partial charge in [-0.25, -0.2) is 4.79 Å². The summed E-state index contributed by atoms with van der Waals surface area (Å²) in [6, 6.07) is 22.0. The Labute approximate surface area is 209 Å². The lowest BCUT2D eigenvalue weighted by molar-refractivity contribution is -0.118. The Hall–Kier alpha value is -4.39. The van der Waals surface area contributed by atoms with E-state index < -0.39 is 23.7 Å². The van der Waals surface area contributed by atoms with Crippen molar-refractivity contribution in [1.29, 1.82) is 0 Å². The van der Waals surface area contributed by atoms with E-state index in [4.69, 9.17) is 9.47 Å². The van der Waals surface area contributed by atoms with Crippen molar-refractivity contribution in [3.8, 4) is 5.75 Å². The molecule has 0 aliphatic carbocycles. The zero-order valence-corrected chi connectivity index (χ0v) is 20.1. The average molecular weight is 486 g/mol. The van der Waals surface area contributed by atoms with Gasteiger partial charge in [0.1, 0.15) is 5.75 Å². The van der Waals surface area contributed by atoms with E-state index in [0.29, 0.717) is 29.0 Å². The number of ketones is 1. The van der Waals surface area contributed by atoms with Crippen molar-refractivity contribution >= 4 is 23.3 Å². The van der Waals surface area contributed by atoms with Crippen LogP contribution in [0.25, 0.3) is 0 Å². The first kappa shape index (κ1) is 24.7. The van der Waals surface area contributed by atoms with Crippen molar-refractivity contribution in [3.63, 3.8) is 0 Å². The number of hydrogen-bond donors (Lipinski definition) is 1. The molecule has 0 radical (unpaired) electrons. The van der Waals surface area contributed by atoms with Crippen LogP contribution in [-0.2, 0) is 20.7 Å². The van der Waals surface area contributed by atoms with Gasteiger partial charge in [-0.2, -0.15) is 0 Å². The number of Topliss-reactive ketones (excluding diaryl/α,β-unsaturated/α-hetero) is 1. The number of aryl methyl sites for hydroxylation is 1. The number of rotatable bonds is 9. The predicted octanol–water partition coefficient (Wildman–Crippen LogP) is 4.97. The van der Waals surface area contributed by atoms with Crippen molar-refractivity contribution in [3.05, 3.63) is 107 Å². The Kier molecular flexibility index (Phi) is 7.49. The van der Waals surface area contributed by atoms with Crippen LogP contribution in [-0.4, -0.2) is 36.5 Å². The van der Waals surface area contributed by atoms with Crippen molar-refractivity contribution < 1.29 is 29.0 Å². The number of carbonyl (C=O) groups excluding carboxylic acids is 3. The fourth-order valence-corrected chi connectivity index (χ4v) is 4.29. The molecular weight excluding hydrogens is 458 g/mol. The van der Waals surface area contributed by atoms with Crippen LogP contribution in [0.3, 0.4) is 0 Å². The first-order valence-electron chi connectivity index (χ1n) is 11.7. The van der Waals surface area contributed by atoms with E-state index in [0.717, 1.165) is 5.56 Å². The van der Waals surface area contributed by atoms with Gasteiger partial charge in [0.05, 0.1) is 30.9 Å². The summed E-state index contributed by atoms with van der Waals surface area (Å²) >= 11 is 0. The van der Waals surface area contributed by atoms with E-state index in [1.165, 1.54) is 12.0 Å². The van der Waals surface area contributed by atoms with Gasteiger partial charge >= 0.3 is 5.97 Å². The Morgan fingerprint density at radius 3 is 2.36 bits per heavy atom. The largest absolute Gasteiger partial charge is 0.503 e. The summed E-state index contributed by atoms with van der Waals surface area (Å²) in [5.74, 6) is -1.49. The summed E-state index contributed by atoms with van der Waals surface area (Å²) in [4.78, 5) is 40.2. The summed E-state index contributed by atoms with van der Waals surface area (Å²) < 4.78 is 10.4. The first-order chi connectivity index (χ1) is 17.4. The highest BCUT2D eigenvalue weighted by Gasteiger charge is 2.44. The molecule has 1 aliphatic rings. The number of aliphatic hydroxyl groups is 1. The predicted molar refractivity (Wildman–Crippen MR) is 135 cm³/mol. The minimum Gasteiger partial charge on any atom is -0.503 e. The number of methoxy groups -OCH3 is 1. The number of benzene rings is 3. The SMILES string of the molecule is CCOC(=O)c1ccc(N2C(=O)C(O)=C(C(=O)CCc3ccccc3)C2c2cccc(OC)c2)cc1. The fourth-order valence-electron chi connectivity index (χ4n) is 4.29. The lowest BCUT2D eigenvalue weighted by Crippen LogP contribution is -2.31. The van der Waals surface area contributed by atoms with Crippen molar-refractivity contribution in [2.75, 3.05) is 18.6 Å². The second-order valence-corrected chi connectivity index (χ2v) is 8.29. The Morgan fingerprint density at radius 1 is 0.972 bits per heavy atom. The van der Waals surface area contributed by atoms with Gasteiger partial charge in [-0.3, -0.25) is 14.5 Å². The zero-order valence-electron chi connectivity index (χ0n) is 20.1. The molecular formula is C29H27NO6. The second-order valence-electron chi connectivity index (χ2n) is 8.29. The quantitative estimate of drug-likeness (QED) is 0.430. The number of amides is 1. The maximum absolute atomic E-state index is 13.4. The van der Waals surface area contributed by atoms with Gasteiger partial charge in [0, 0.05) is 12.1 Å². The number of ether oxygens (including phenoxy) is 2. The molecule has 1 atom stereocenters. The van der Waals surface area contributed by atoms with Crippen molar-refractivity contribution in [1.82, 2.24) is 0 Å². The smallest absolute Gasteiger partial charge is 0.338 e. The summed E-state index contributed by atoms with van der Waals surface area (Å²) in [6.07, 6.45) is 0.608. The highest BCUT2D eigenvalue weighted by Crippen LogP contribution is 2.42. The third-order valence-electron chi connectivity index (χ3n) is 6.06. The molecule has 184 valence electrons. The monoisotopic (exact) mass is 485 g/mol. The Bertz CT molecular complexity index is 1300. The van der Waals surface area contributed by atoms with Crippen LogP contribution in [0, 0.1) is 0 Å². The van der Waals surface area contributed by atoms with Crippen molar-refractivity contribution in [2.24, 2.45) is 0 Å². The van der Waals surface area contributed by atoms with E-state index in [2.05, 4.69) is 0 Å². The zero-order chi connectivity index (χ0) is 25.7. The van der Waals surface area contributed by atoms with Gasteiger partial charge < -0.3 is 14.6 Å². The van der Waals surface area contributed by atoms with E-state index in [1.807, 2.05) is 30.3 Å². The van der Waals surface area contributed by atoms with Crippen LogP contribution in [0.5, 0.6) is 5.75 Å². The van der Waals surface area contributed by atoms with Crippen molar-refractivity contribution in [2.45, 2.75) is 25.8 Å². The lowest BCUT2D eigenvalue weighted by Gasteiger charge is -2.27. The molecule has 0 fully saturated rings. The molecule has 1 aliphatic heterocycles. The van der Waals surface area contributed by atoms with E-state index in [-0.39, 0.29) is 24.4 Å². The maximum Gasteiger partial charge on any atom is 0.338 e. The molecule has 36 heavy (non-hydrogen) atoms. The Morgan fingerprint density at radius 2 is 1.69 bits per heavy atom. The molecule has 1 N–H and O–H groups in total. The molecule has 3 aromatic carbocycles. The van der Waals surface area contributed by atoms with Crippen LogP contribution in [0.4, 0.5) is 5.69 Å². The number of aliphatic hydroxyl groups excluding tert-OH is 1. The molecule has 1 unspecified atom stereocenters. The minimum absolute atomic E-state index is 0.0404. The molecule has 7 heteroatoms. The van der Waals surface area contributed by atoms with E-state index in [9.17, 15) is 19.5 Å². The normalized spacial score (nSPS) is 15.2. The molecule has 1 heterocycles. The Balaban J connectivity index is 1.71. The van der Waals surface area contributed by atoms with Crippen LogP contribution in [0.2, 0.25) is 0 Å². The molecule has 1 amide bonds. The number of anilines is 1.